The summed E-state index contributed by atoms with van der Waals surface area (Å²) in [5.41, 5.74) is 2.31. The van der Waals surface area contributed by atoms with Crippen molar-refractivity contribution in [1.29, 1.82) is 0 Å². The van der Waals surface area contributed by atoms with E-state index in [2.05, 4.69) is 53.5 Å². The van der Waals surface area contributed by atoms with Crippen molar-refractivity contribution in [3.63, 3.8) is 0 Å². The highest BCUT2D eigenvalue weighted by Gasteiger charge is 2.06. The topological polar surface area (TPSA) is 49.3 Å². The zero-order valence-electron chi connectivity index (χ0n) is 14.1. The third kappa shape index (κ3) is 7.69. The van der Waals surface area contributed by atoms with Gasteiger partial charge in [-0.2, -0.15) is 0 Å². The number of aromatic nitrogens is 1. The van der Waals surface area contributed by atoms with E-state index in [0.29, 0.717) is 6.04 Å². The minimum atomic E-state index is 0.444. The molecule has 1 aromatic rings. The maximum atomic E-state index is 4.31. The molecule has 0 saturated carbocycles. The molecular weight excluding hydrogens is 260 g/mol. The zero-order valence-corrected chi connectivity index (χ0v) is 14.1. The molecule has 1 aromatic heterocycles. The van der Waals surface area contributed by atoms with Crippen LogP contribution >= 0.6 is 0 Å². The summed E-state index contributed by atoms with van der Waals surface area (Å²) in [5, 5.41) is 6.80. The van der Waals surface area contributed by atoms with Crippen LogP contribution in [-0.2, 0) is 6.42 Å². The van der Waals surface area contributed by atoms with Gasteiger partial charge in [0.1, 0.15) is 0 Å². The molecule has 0 aliphatic carbocycles. The van der Waals surface area contributed by atoms with Crippen LogP contribution in [0.5, 0.6) is 0 Å². The van der Waals surface area contributed by atoms with Crippen LogP contribution < -0.4 is 10.6 Å². The summed E-state index contributed by atoms with van der Waals surface area (Å²) in [5.74, 6) is 1.63. The van der Waals surface area contributed by atoms with Gasteiger partial charge in [-0.1, -0.05) is 19.9 Å². The van der Waals surface area contributed by atoms with Crippen molar-refractivity contribution in [2.45, 2.75) is 53.0 Å². The van der Waals surface area contributed by atoms with E-state index >= 15 is 0 Å². The van der Waals surface area contributed by atoms with Crippen LogP contribution in [0, 0.1) is 12.8 Å². The van der Waals surface area contributed by atoms with Gasteiger partial charge in [-0.25, -0.2) is 0 Å². The number of hydrogen-bond acceptors (Lipinski definition) is 2. The Morgan fingerprint density at radius 2 is 2.00 bits per heavy atom. The Balaban J connectivity index is 2.29. The molecule has 0 radical (unpaired) electrons. The Kier molecular flexibility index (Phi) is 7.80. The van der Waals surface area contributed by atoms with Gasteiger partial charge >= 0.3 is 0 Å². The Morgan fingerprint density at radius 1 is 1.24 bits per heavy atom. The standard InChI is InChI=1S/C17H30N4/c1-13(2)6-7-15(4)21-17(18-5)19-11-10-16-9-8-14(3)20-12-16/h8-9,12-13,15H,6-7,10-11H2,1-5H3,(H2,18,19,21). The molecule has 118 valence electrons. The number of guanidine groups is 1. The number of aliphatic imine (C=N–C) groups is 1. The van der Waals surface area contributed by atoms with E-state index in [0.717, 1.165) is 30.5 Å². The quantitative estimate of drug-likeness (QED) is 0.599. The molecule has 4 nitrogen and oxygen atoms in total. The molecule has 0 aliphatic rings. The van der Waals surface area contributed by atoms with E-state index in [9.17, 15) is 0 Å². The summed E-state index contributed by atoms with van der Waals surface area (Å²) in [4.78, 5) is 8.59. The summed E-state index contributed by atoms with van der Waals surface area (Å²) in [6.45, 7) is 9.59. The van der Waals surface area contributed by atoms with Gasteiger partial charge in [-0.3, -0.25) is 9.98 Å². The largest absolute Gasteiger partial charge is 0.356 e. The number of aryl methyl sites for hydroxylation is 1. The maximum Gasteiger partial charge on any atom is 0.191 e. The average molecular weight is 290 g/mol. The summed E-state index contributed by atoms with van der Waals surface area (Å²) < 4.78 is 0. The Bertz CT molecular complexity index is 423. The van der Waals surface area contributed by atoms with Gasteiger partial charge in [0.25, 0.3) is 0 Å². The SMILES string of the molecule is CN=C(NCCc1ccc(C)nc1)NC(C)CCC(C)C. The molecule has 0 aliphatic heterocycles. The van der Waals surface area contributed by atoms with E-state index in [1.54, 1.807) is 0 Å². The molecule has 1 atom stereocenters. The monoisotopic (exact) mass is 290 g/mol. The van der Waals surface area contributed by atoms with Gasteiger partial charge in [0.05, 0.1) is 0 Å². The number of hydrogen-bond donors (Lipinski definition) is 2. The molecule has 0 aromatic carbocycles. The lowest BCUT2D eigenvalue weighted by Crippen LogP contribution is -2.43. The fraction of sp³-hybridized carbons (Fsp3) is 0.647. The number of rotatable bonds is 7. The molecule has 1 unspecified atom stereocenters. The lowest BCUT2D eigenvalue weighted by atomic mass is 10.0. The fourth-order valence-electron chi connectivity index (χ4n) is 2.06. The molecule has 2 N–H and O–H groups in total. The fourth-order valence-corrected chi connectivity index (χ4v) is 2.06. The highest BCUT2D eigenvalue weighted by Crippen LogP contribution is 2.06. The lowest BCUT2D eigenvalue weighted by Gasteiger charge is -2.18. The van der Waals surface area contributed by atoms with Crippen molar-refractivity contribution >= 4 is 5.96 Å². The number of nitrogens with zero attached hydrogens (tertiary/aromatic N) is 2. The van der Waals surface area contributed by atoms with Crippen LogP contribution in [0.4, 0.5) is 0 Å². The molecular formula is C17H30N4. The van der Waals surface area contributed by atoms with Crippen LogP contribution in [0.25, 0.3) is 0 Å². The smallest absolute Gasteiger partial charge is 0.191 e. The zero-order chi connectivity index (χ0) is 15.7. The molecule has 0 saturated heterocycles. The van der Waals surface area contributed by atoms with Crippen LogP contribution in [0.2, 0.25) is 0 Å². The second kappa shape index (κ2) is 9.37. The first-order chi connectivity index (χ1) is 10.0. The van der Waals surface area contributed by atoms with Crippen LogP contribution in [0.1, 0.15) is 44.9 Å². The Hall–Kier alpha value is -1.58. The van der Waals surface area contributed by atoms with Gasteiger partial charge in [0.2, 0.25) is 0 Å². The van der Waals surface area contributed by atoms with Gasteiger partial charge < -0.3 is 10.6 Å². The Morgan fingerprint density at radius 3 is 2.57 bits per heavy atom. The maximum absolute atomic E-state index is 4.31. The van der Waals surface area contributed by atoms with E-state index in [1.165, 1.54) is 18.4 Å². The van der Waals surface area contributed by atoms with Crippen LogP contribution in [0.15, 0.2) is 23.3 Å². The lowest BCUT2D eigenvalue weighted by molar-refractivity contribution is 0.489. The molecule has 0 amide bonds. The molecule has 4 heteroatoms. The first-order valence-corrected chi connectivity index (χ1v) is 7.90. The predicted molar refractivity (Wildman–Crippen MR) is 90.7 cm³/mol. The van der Waals surface area contributed by atoms with Crippen LogP contribution in [-0.4, -0.2) is 30.6 Å². The van der Waals surface area contributed by atoms with Gasteiger partial charge in [0.15, 0.2) is 5.96 Å². The summed E-state index contributed by atoms with van der Waals surface area (Å²) in [6.07, 6.45) is 5.30. The van der Waals surface area contributed by atoms with Gasteiger partial charge in [-0.05, 0) is 50.7 Å². The second-order valence-electron chi connectivity index (χ2n) is 6.07. The van der Waals surface area contributed by atoms with E-state index in [4.69, 9.17) is 0 Å². The van der Waals surface area contributed by atoms with Crippen molar-refractivity contribution in [2.24, 2.45) is 10.9 Å². The van der Waals surface area contributed by atoms with Crippen molar-refractivity contribution in [2.75, 3.05) is 13.6 Å². The molecule has 1 heterocycles. The van der Waals surface area contributed by atoms with E-state index in [-0.39, 0.29) is 0 Å². The van der Waals surface area contributed by atoms with Crippen molar-refractivity contribution in [1.82, 2.24) is 15.6 Å². The number of pyridine rings is 1. The first-order valence-electron chi connectivity index (χ1n) is 7.90. The molecule has 0 spiro atoms. The van der Waals surface area contributed by atoms with Gasteiger partial charge in [0, 0.05) is 31.5 Å². The first kappa shape index (κ1) is 17.5. The molecule has 0 bridgehead atoms. The average Bonchev–Trinajstić information content (AvgIpc) is 2.46. The minimum absolute atomic E-state index is 0.444. The molecule has 1 rings (SSSR count). The second-order valence-corrected chi connectivity index (χ2v) is 6.07. The van der Waals surface area contributed by atoms with E-state index < -0.39 is 0 Å². The van der Waals surface area contributed by atoms with Crippen molar-refractivity contribution < 1.29 is 0 Å². The molecule has 0 fully saturated rings. The summed E-state index contributed by atoms with van der Waals surface area (Å²) in [6, 6.07) is 4.63. The van der Waals surface area contributed by atoms with Gasteiger partial charge in [-0.15, -0.1) is 0 Å². The third-order valence-corrected chi connectivity index (χ3v) is 3.46. The molecule has 21 heavy (non-hydrogen) atoms. The highest BCUT2D eigenvalue weighted by molar-refractivity contribution is 5.79. The third-order valence-electron chi connectivity index (χ3n) is 3.46. The summed E-state index contributed by atoms with van der Waals surface area (Å²) in [7, 11) is 1.82. The predicted octanol–water partition coefficient (Wildman–Crippen LogP) is 2.92. The van der Waals surface area contributed by atoms with Crippen molar-refractivity contribution in [3.05, 3.63) is 29.6 Å². The summed E-state index contributed by atoms with van der Waals surface area (Å²) >= 11 is 0. The Labute approximate surface area is 129 Å². The van der Waals surface area contributed by atoms with E-state index in [1.807, 2.05) is 20.2 Å². The highest BCUT2D eigenvalue weighted by atomic mass is 15.2. The number of nitrogens with one attached hydrogen (secondary N) is 2. The van der Waals surface area contributed by atoms with Crippen molar-refractivity contribution in [3.8, 4) is 0 Å². The normalized spacial score (nSPS) is 13.3. The minimum Gasteiger partial charge on any atom is -0.356 e. The van der Waals surface area contributed by atoms with Crippen LogP contribution in [0.3, 0.4) is 0 Å².